The molecule has 0 radical (unpaired) electrons. The molecule has 0 spiro atoms. The van der Waals surface area contributed by atoms with Crippen molar-refractivity contribution in [2.45, 2.75) is 51.0 Å². The van der Waals surface area contributed by atoms with Crippen LogP contribution in [-0.4, -0.2) is 62.9 Å². The predicted octanol–water partition coefficient (Wildman–Crippen LogP) is 2.62. The molecular weight excluding hydrogens is 482 g/mol. The van der Waals surface area contributed by atoms with Crippen LogP contribution in [0.2, 0.25) is 0 Å². The number of carbonyl (C=O) groups is 1. The minimum absolute atomic E-state index is 0.0666. The largest absolute Gasteiger partial charge is 0.465 e. The molecule has 0 saturated carbocycles. The summed E-state index contributed by atoms with van der Waals surface area (Å²) in [5, 5.41) is 15.7. The Kier molecular flexibility index (Phi) is 5.54. The zero-order valence-corrected chi connectivity index (χ0v) is 17.6. The average Bonchev–Trinajstić information content (AvgIpc) is 2.99. The molecule has 2 aromatic heterocycles. The lowest BCUT2D eigenvalue weighted by Crippen LogP contribution is -2.52. The highest BCUT2D eigenvalue weighted by molar-refractivity contribution is 14.1. The normalized spacial score (nSPS) is 25.8. The number of halogens is 2. The van der Waals surface area contributed by atoms with Gasteiger partial charge in [0, 0.05) is 13.2 Å². The van der Waals surface area contributed by atoms with E-state index < -0.39 is 18.3 Å². The SMILES string of the molecule is Cc1nc2c(I)nn(C3CCCCO3)c2nc1N1CC[C@H](NC(=O)O)[C@H](F)C1. The molecule has 1 amide bonds. The molecule has 1 unspecified atom stereocenters. The van der Waals surface area contributed by atoms with Crippen molar-refractivity contribution in [3.63, 3.8) is 0 Å². The number of piperidine rings is 1. The first-order chi connectivity index (χ1) is 13.4. The first kappa shape index (κ1) is 19.6. The van der Waals surface area contributed by atoms with Crippen LogP contribution in [0.3, 0.4) is 0 Å². The van der Waals surface area contributed by atoms with Crippen molar-refractivity contribution in [3.8, 4) is 0 Å². The number of hydrogen-bond acceptors (Lipinski definition) is 6. The number of anilines is 1. The van der Waals surface area contributed by atoms with Crippen LogP contribution in [0.1, 0.15) is 37.6 Å². The predicted molar refractivity (Wildman–Crippen MR) is 108 cm³/mol. The molecular formula is C17H22FIN6O3. The monoisotopic (exact) mass is 504 g/mol. The number of fused-ring (bicyclic) bond motifs is 1. The molecule has 9 nitrogen and oxygen atoms in total. The lowest BCUT2D eigenvalue weighted by Gasteiger charge is -2.35. The first-order valence-corrected chi connectivity index (χ1v) is 10.4. The van der Waals surface area contributed by atoms with Gasteiger partial charge >= 0.3 is 6.09 Å². The third-order valence-electron chi connectivity index (χ3n) is 5.21. The van der Waals surface area contributed by atoms with Gasteiger partial charge in [-0.05, 0) is 55.2 Å². The van der Waals surface area contributed by atoms with Gasteiger partial charge in [-0.3, -0.25) is 0 Å². The lowest BCUT2D eigenvalue weighted by molar-refractivity contribution is -0.0372. The Morgan fingerprint density at radius 2 is 2.18 bits per heavy atom. The van der Waals surface area contributed by atoms with Crippen molar-refractivity contribution in [2.24, 2.45) is 0 Å². The Labute approximate surface area is 174 Å². The zero-order valence-electron chi connectivity index (χ0n) is 15.4. The summed E-state index contributed by atoms with van der Waals surface area (Å²) in [7, 11) is 0. The number of aryl methyl sites for hydroxylation is 1. The van der Waals surface area contributed by atoms with E-state index in [4.69, 9.17) is 14.8 Å². The summed E-state index contributed by atoms with van der Waals surface area (Å²) >= 11 is 2.15. The van der Waals surface area contributed by atoms with E-state index in [-0.39, 0.29) is 12.8 Å². The van der Waals surface area contributed by atoms with Crippen molar-refractivity contribution >= 4 is 45.7 Å². The third kappa shape index (κ3) is 3.73. The second-order valence-electron chi connectivity index (χ2n) is 7.17. The molecule has 2 aliphatic heterocycles. The number of hydrogen-bond donors (Lipinski definition) is 2. The van der Waals surface area contributed by atoms with Gasteiger partial charge < -0.3 is 20.1 Å². The molecule has 2 aliphatic rings. The van der Waals surface area contributed by atoms with E-state index in [0.717, 1.165) is 28.5 Å². The third-order valence-corrected chi connectivity index (χ3v) is 5.94. The maximum atomic E-state index is 14.5. The van der Waals surface area contributed by atoms with E-state index in [0.29, 0.717) is 36.7 Å². The fourth-order valence-corrected chi connectivity index (χ4v) is 4.42. The maximum Gasteiger partial charge on any atom is 0.404 e. The van der Waals surface area contributed by atoms with Crippen molar-refractivity contribution < 1.29 is 19.0 Å². The number of aromatic nitrogens is 4. The minimum atomic E-state index is -1.31. The van der Waals surface area contributed by atoms with Gasteiger partial charge in [0.1, 0.15) is 11.7 Å². The lowest BCUT2D eigenvalue weighted by atomic mass is 10.0. The number of nitrogens with one attached hydrogen (secondary N) is 1. The number of alkyl halides is 1. The molecule has 4 rings (SSSR count). The highest BCUT2D eigenvalue weighted by Crippen LogP contribution is 2.30. The highest BCUT2D eigenvalue weighted by Gasteiger charge is 2.32. The highest BCUT2D eigenvalue weighted by atomic mass is 127. The van der Waals surface area contributed by atoms with Crippen LogP contribution in [0.25, 0.3) is 11.2 Å². The van der Waals surface area contributed by atoms with Crippen LogP contribution in [0.15, 0.2) is 0 Å². The molecule has 4 heterocycles. The smallest absolute Gasteiger partial charge is 0.404 e. The summed E-state index contributed by atoms with van der Waals surface area (Å²) in [6, 6.07) is -0.701. The molecule has 2 N–H and O–H groups in total. The molecule has 0 aromatic carbocycles. The molecule has 152 valence electrons. The Morgan fingerprint density at radius 1 is 1.36 bits per heavy atom. The molecule has 11 heteroatoms. The molecule has 2 saturated heterocycles. The van der Waals surface area contributed by atoms with E-state index in [1.165, 1.54) is 0 Å². The van der Waals surface area contributed by atoms with Gasteiger partial charge in [0.15, 0.2) is 21.4 Å². The minimum Gasteiger partial charge on any atom is -0.465 e. The number of ether oxygens (including phenoxy) is 1. The van der Waals surface area contributed by atoms with Gasteiger partial charge in [0.25, 0.3) is 0 Å². The van der Waals surface area contributed by atoms with Crippen molar-refractivity contribution in [1.82, 2.24) is 25.1 Å². The molecule has 0 aliphatic carbocycles. The average molecular weight is 504 g/mol. The maximum absolute atomic E-state index is 14.5. The van der Waals surface area contributed by atoms with Crippen LogP contribution >= 0.6 is 22.6 Å². The number of rotatable bonds is 3. The summed E-state index contributed by atoms with van der Waals surface area (Å²) in [5.41, 5.74) is 2.06. The van der Waals surface area contributed by atoms with E-state index in [1.807, 2.05) is 11.8 Å². The summed E-state index contributed by atoms with van der Waals surface area (Å²) in [6.07, 6.45) is 0.677. The summed E-state index contributed by atoms with van der Waals surface area (Å²) < 4.78 is 22.9. The van der Waals surface area contributed by atoms with Gasteiger partial charge in [-0.25, -0.2) is 23.8 Å². The van der Waals surface area contributed by atoms with Gasteiger partial charge in [-0.1, -0.05) is 0 Å². The number of carboxylic acid groups (broad SMARTS) is 1. The van der Waals surface area contributed by atoms with Crippen molar-refractivity contribution in [3.05, 3.63) is 9.39 Å². The Balaban J connectivity index is 1.64. The number of amides is 1. The quantitative estimate of drug-likeness (QED) is 0.620. The van der Waals surface area contributed by atoms with Crippen LogP contribution in [0.4, 0.5) is 15.0 Å². The van der Waals surface area contributed by atoms with E-state index in [1.54, 1.807) is 4.68 Å². The van der Waals surface area contributed by atoms with Crippen molar-refractivity contribution in [2.75, 3.05) is 24.6 Å². The summed E-state index contributed by atoms with van der Waals surface area (Å²) in [5.74, 6) is 0.609. The molecule has 3 atom stereocenters. The fourth-order valence-electron chi connectivity index (χ4n) is 3.82. The Morgan fingerprint density at radius 3 is 2.86 bits per heavy atom. The summed E-state index contributed by atoms with van der Waals surface area (Å²) in [6.45, 7) is 3.11. The van der Waals surface area contributed by atoms with E-state index in [9.17, 15) is 9.18 Å². The van der Waals surface area contributed by atoms with Crippen LogP contribution in [0, 0.1) is 10.6 Å². The fraction of sp³-hybridized carbons (Fsp3) is 0.647. The van der Waals surface area contributed by atoms with Crippen LogP contribution < -0.4 is 10.2 Å². The van der Waals surface area contributed by atoms with Crippen LogP contribution in [0.5, 0.6) is 0 Å². The van der Waals surface area contributed by atoms with Crippen molar-refractivity contribution in [1.29, 1.82) is 0 Å². The number of nitrogens with zero attached hydrogens (tertiary/aromatic N) is 5. The van der Waals surface area contributed by atoms with E-state index in [2.05, 4.69) is 38.0 Å². The van der Waals surface area contributed by atoms with Gasteiger partial charge in [0.05, 0.1) is 18.3 Å². The van der Waals surface area contributed by atoms with E-state index >= 15 is 0 Å². The molecule has 2 fully saturated rings. The topological polar surface area (TPSA) is 105 Å². The summed E-state index contributed by atoms with van der Waals surface area (Å²) in [4.78, 5) is 22.1. The Hall–Kier alpha value is -1.76. The van der Waals surface area contributed by atoms with Crippen LogP contribution in [-0.2, 0) is 4.74 Å². The Bertz CT molecular complexity index is 887. The first-order valence-electron chi connectivity index (χ1n) is 9.36. The molecule has 0 bridgehead atoms. The standard InChI is InChI=1S/C17H22FIN6O3/c1-9-15(24-6-5-11(10(18)8-24)21-17(26)27)22-16-13(20-9)14(19)23-25(16)12-4-2-3-7-28-12/h10-12,21H,2-8H2,1H3,(H,26,27)/t10-,11+,12?/m1/s1. The second kappa shape index (κ2) is 7.93. The van der Waals surface area contributed by atoms with Gasteiger partial charge in [0.2, 0.25) is 0 Å². The van der Waals surface area contributed by atoms with Gasteiger partial charge in [-0.15, -0.1) is 0 Å². The second-order valence-corrected chi connectivity index (χ2v) is 8.19. The molecule has 2 aromatic rings. The zero-order chi connectivity index (χ0) is 19.8. The molecule has 28 heavy (non-hydrogen) atoms. The van der Waals surface area contributed by atoms with Gasteiger partial charge in [-0.2, -0.15) is 5.10 Å².